The van der Waals surface area contributed by atoms with Gasteiger partial charge in [-0.1, -0.05) is 82.6 Å². The largest absolute Gasteiger partial charge is 0.388 e. The van der Waals surface area contributed by atoms with Crippen molar-refractivity contribution in [1.82, 2.24) is 0 Å². The molecule has 172 valence electrons. The molecule has 3 heteroatoms. The van der Waals surface area contributed by atoms with Crippen LogP contribution >= 0.6 is 0 Å². The second-order valence-corrected chi connectivity index (χ2v) is 8.17. The zero-order valence-electron chi connectivity index (χ0n) is 19.6. The van der Waals surface area contributed by atoms with Crippen LogP contribution in [0.4, 0.5) is 0 Å². The minimum Gasteiger partial charge on any atom is -0.388 e. The smallest absolute Gasteiger partial charge is 0.101 e. The first-order chi connectivity index (χ1) is 14.3. The summed E-state index contributed by atoms with van der Waals surface area (Å²) in [5, 5.41) is 9.45. The van der Waals surface area contributed by atoms with Crippen LogP contribution in [-0.4, -0.2) is 38.1 Å². The molecule has 0 spiro atoms. The molecule has 0 rings (SSSR count). The van der Waals surface area contributed by atoms with Gasteiger partial charge in [-0.3, -0.25) is 0 Å². The molecule has 0 bridgehead atoms. The number of allylic oxidation sites excluding steroid dienone is 4. The van der Waals surface area contributed by atoms with Gasteiger partial charge in [0.05, 0.1) is 13.2 Å². The molecule has 0 aromatic heterocycles. The lowest BCUT2D eigenvalue weighted by molar-refractivity contribution is -0.00672. The van der Waals surface area contributed by atoms with Crippen LogP contribution in [0.1, 0.15) is 110 Å². The molecule has 0 aliphatic heterocycles. The van der Waals surface area contributed by atoms with E-state index in [-0.39, 0.29) is 0 Å². The Balaban J connectivity index is 3.14. The van der Waals surface area contributed by atoms with Gasteiger partial charge in [-0.25, -0.2) is 0 Å². The van der Waals surface area contributed by atoms with Gasteiger partial charge in [-0.15, -0.1) is 0 Å². The van der Waals surface area contributed by atoms with Crippen LogP contribution in [0.2, 0.25) is 0 Å². The van der Waals surface area contributed by atoms with Gasteiger partial charge in [0.1, 0.15) is 6.10 Å². The van der Waals surface area contributed by atoms with Crippen molar-refractivity contribution in [3.63, 3.8) is 0 Å². The molecule has 1 atom stereocenters. The average Bonchev–Trinajstić information content (AvgIpc) is 2.72. The van der Waals surface area contributed by atoms with E-state index in [9.17, 15) is 5.11 Å². The lowest BCUT2D eigenvalue weighted by Gasteiger charge is -2.09. The van der Waals surface area contributed by atoms with E-state index in [1.807, 2.05) is 0 Å². The highest BCUT2D eigenvalue weighted by molar-refractivity contribution is 4.81. The molecule has 0 amide bonds. The second kappa shape index (κ2) is 25.4. The fourth-order valence-corrected chi connectivity index (χ4v) is 3.30. The Morgan fingerprint density at radius 2 is 1.07 bits per heavy atom. The third kappa shape index (κ3) is 25.3. The molecule has 3 nitrogen and oxygen atoms in total. The number of methoxy groups -OCH3 is 1. The zero-order chi connectivity index (χ0) is 21.3. The first kappa shape index (κ1) is 28.4. The molecular weight excluding hydrogens is 360 g/mol. The van der Waals surface area contributed by atoms with Crippen LogP contribution in [0.3, 0.4) is 0 Å². The van der Waals surface area contributed by atoms with Crippen LogP contribution in [0, 0.1) is 0 Å². The highest BCUT2D eigenvalue weighted by Gasteiger charge is 2.02. The third-order valence-electron chi connectivity index (χ3n) is 5.13. The fraction of sp³-hybridized carbons (Fsp3) is 0.846. The van der Waals surface area contributed by atoms with Crippen molar-refractivity contribution in [2.45, 2.75) is 116 Å². The van der Waals surface area contributed by atoms with E-state index in [0.717, 1.165) is 25.9 Å². The predicted molar refractivity (Wildman–Crippen MR) is 127 cm³/mol. The van der Waals surface area contributed by atoms with E-state index in [1.54, 1.807) is 7.11 Å². The highest BCUT2D eigenvalue weighted by atomic mass is 16.5. The highest BCUT2D eigenvalue weighted by Crippen LogP contribution is 2.11. The lowest BCUT2D eigenvalue weighted by Crippen LogP contribution is -2.21. The molecule has 0 aromatic carbocycles. The third-order valence-corrected chi connectivity index (χ3v) is 5.13. The summed E-state index contributed by atoms with van der Waals surface area (Å²) in [5.41, 5.74) is 0. The summed E-state index contributed by atoms with van der Waals surface area (Å²) in [6.07, 6.45) is 29.8. The Bertz CT molecular complexity index is 352. The summed E-state index contributed by atoms with van der Waals surface area (Å²) >= 11 is 0. The van der Waals surface area contributed by atoms with Crippen molar-refractivity contribution >= 4 is 0 Å². The fourth-order valence-electron chi connectivity index (χ4n) is 3.30. The molecule has 29 heavy (non-hydrogen) atoms. The van der Waals surface area contributed by atoms with Gasteiger partial charge < -0.3 is 14.6 Å². The van der Waals surface area contributed by atoms with Gasteiger partial charge in [-0.05, 0) is 51.4 Å². The topological polar surface area (TPSA) is 38.7 Å². The molecule has 0 saturated heterocycles. The van der Waals surface area contributed by atoms with E-state index in [1.165, 1.54) is 83.5 Å². The maximum atomic E-state index is 9.45. The molecule has 0 unspecified atom stereocenters. The monoisotopic (exact) mass is 410 g/mol. The minimum atomic E-state index is -0.498. The number of ether oxygens (including phenoxy) is 2. The van der Waals surface area contributed by atoms with Crippen molar-refractivity contribution < 1.29 is 14.6 Å². The maximum absolute atomic E-state index is 9.45. The van der Waals surface area contributed by atoms with Crippen molar-refractivity contribution in [3.05, 3.63) is 24.3 Å². The SMILES string of the molecule is CCCC/C=C\CCCCCCCCCC/C=C\CCCCOC[C@@H](O)COC. The number of rotatable bonds is 23. The van der Waals surface area contributed by atoms with Gasteiger partial charge in [0.2, 0.25) is 0 Å². The molecule has 0 heterocycles. The Morgan fingerprint density at radius 1 is 0.621 bits per heavy atom. The summed E-state index contributed by atoms with van der Waals surface area (Å²) < 4.78 is 10.3. The number of hydrogen-bond donors (Lipinski definition) is 1. The van der Waals surface area contributed by atoms with Crippen LogP contribution in [-0.2, 0) is 9.47 Å². The second-order valence-electron chi connectivity index (χ2n) is 8.17. The first-order valence-electron chi connectivity index (χ1n) is 12.4. The van der Waals surface area contributed by atoms with E-state index in [0.29, 0.717) is 13.2 Å². The minimum absolute atomic E-state index is 0.347. The number of aliphatic hydroxyl groups excluding tert-OH is 1. The Labute approximate surface area is 182 Å². The van der Waals surface area contributed by atoms with Crippen LogP contribution in [0.15, 0.2) is 24.3 Å². The zero-order valence-corrected chi connectivity index (χ0v) is 19.6. The van der Waals surface area contributed by atoms with Gasteiger partial charge in [0.25, 0.3) is 0 Å². The van der Waals surface area contributed by atoms with E-state index >= 15 is 0 Å². The standard InChI is InChI=1S/C26H50O3/c1-3-4-5-6-7-8-9-10-11-12-13-14-15-16-17-18-19-20-21-22-23-29-25-26(27)24-28-2/h6-7,18-19,26-27H,3-5,8-17,20-25H2,1-2H3/b7-6-,19-18-/t26-/m0/s1. The van der Waals surface area contributed by atoms with Gasteiger partial charge >= 0.3 is 0 Å². The lowest BCUT2D eigenvalue weighted by atomic mass is 10.1. The number of hydrogen-bond acceptors (Lipinski definition) is 3. The van der Waals surface area contributed by atoms with E-state index in [2.05, 4.69) is 31.2 Å². The van der Waals surface area contributed by atoms with Crippen molar-refractivity contribution in [3.8, 4) is 0 Å². The Kier molecular flexibility index (Phi) is 24.8. The summed E-state index contributed by atoms with van der Waals surface area (Å²) in [6, 6.07) is 0. The summed E-state index contributed by atoms with van der Waals surface area (Å²) in [5.74, 6) is 0. The maximum Gasteiger partial charge on any atom is 0.101 e. The van der Waals surface area contributed by atoms with Gasteiger partial charge in [0, 0.05) is 13.7 Å². The van der Waals surface area contributed by atoms with Crippen LogP contribution in [0.25, 0.3) is 0 Å². The number of aliphatic hydroxyl groups is 1. The molecule has 0 aromatic rings. The molecular formula is C26H50O3. The van der Waals surface area contributed by atoms with Crippen LogP contribution < -0.4 is 0 Å². The van der Waals surface area contributed by atoms with Crippen molar-refractivity contribution in [2.75, 3.05) is 26.9 Å². The predicted octanol–water partition coefficient (Wildman–Crippen LogP) is 7.38. The molecule has 0 saturated carbocycles. The average molecular weight is 411 g/mol. The molecule has 0 fully saturated rings. The quantitative estimate of drug-likeness (QED) is 0.141. The number of unbranched alkanes of at least 4 members (excludes halogenated alkanes) is 13. The van der Waals surface area contributed by atoms with Gasteiger partial charge in [-0.2, -0.15) is 0 Å². The Hall–Kier alpha value is -0.640. The van der Waals surface area contributed by atoms with Crippen molar-refractivity contribution in [2.24, 2.45) is 0 Å². The van der Waals surface area contributed by atoms with E-state index in [4.69, 9.17) is 9.47 Å². The molecule has 0 aliphatic carbocycles. The normalized spacial score (nSPS) is 13.1. The molecule has 0 radical (unpaired) electrons. The van der Waals surface area contributed by atoms with E-state index < -0.39 is 6.10 Å². The van der Waals surface area contributed by atoms with Crippen molar-refractivity contribution in [1.29, 1.82) is 0 Å². The summed E-state index contributed by atoms with van der Waals surface area (Å²) in [4.78, 5) is 0. The molecule has 1 N–H and O–H groups in total. The first-order valence-corrected chi connectivity index (χ1v) is 12.4. The summed E-state index contributed by atoms with van der Waals surface area (Å²) in [6.45, 7) is 3.70. The van der Waals surface area contributed by atoms with Gasteiger partial charge in [0.15, 0.2) is 0 Å². The summed E-state index contributed by atoms with van der Waals surface area (Å²) in [7, 11) is 1.59. The Morgan fingerprint density at radius 3 is 1.55 bits per heavy atom. The van der Waals surface area contributed by atoms with Crippen LogP contribution in [0.5, 0.6) is 0 Å². The molecule has 0 aliphatic rings.